The van der Waals surface area contributed by atoms with E-state index in [1.165, 1.54) is 0 Å². The zero-order chi connectivity index (χ0) is 11.9. The van der Waals surface area contributed by atoms with Gasteiger partial charge in [0.05, 0.1) is 0 Å². The minimum absolute atomic E-state index is 0.624. The van der Waals surface area contributed by atoms with Crippen molar-refractivity contribution in [2.24, 2.45) is 5.11 Å². The first-order valence-electron chi connectivity index (χ1n) is 5.27. The number of rotatable bonds is 3. The molecule has 2 rings (SSSR count). The van der Waals surface area contributed by atoms with Gasteiger partial charge in [-0.1, -0.05) is 65.8 Å². The zero-order valence-corrected chi connectivity index (χ0v) is 9.19. The maximum atomic E-state index is 8.59. The fourth-order valence-corrected chi connectivity index (χ4v) is 1.53. The normalized spacial score (nSPS) is 10.7. The van der Waals surface area contributed by atoms with E-state index in [1.54, 1.807) is 0 Å². The first-order chi connectivity index (χ1) is 8.40. The molecular weight excluding hydrogens is 210 g/mol. The van der Waals surface area contributed by atoms with Crippen LogP contribution in [0.5, 0.6) is 0 Å². The van der Waals surface area contributed by atoms with Gasteiger partial charge in [0, 0.05) is 10.6 Å². The first-order valence-corrected chi connectivity index (χ1v) is 5.27. The van der Waals surface area contributed by atoms with E-state index in [4.69, 9.17) is 5.53 Å². The summed E-state index contributed by atoms with van der Waals surface area (Å²) in [5.41, 5.74) is 11.1. The molecule has 3 nitrogen and oxygen atoms in total. The van der Waals surface area contributed by atoms with Gasteiger partial charge < -0.3 is 0 Å². The number of hydrogen-bond donors (Lipinski definition) is 0. The van der Waals surface area contributed by atoms with Gasteiger partial charge in [0.1, 0.15) is 0 Å². The molecule has 0 aliphatic rings. The molecule has 0 spiro atoms. The summed E-state index contributed by atoms with van der Waals surface area (Å²) in [5, 5.41) is 3.73. The molecule has 0 bridgehead atoms. The molecule has 0 unspecified atom stereocenters. The minimum Gasteiger partial charge on any atom is -0.0622 e. The zero-order valence-electron chi connectivity index (χ0n) is 9.19. The Morgan fingerprint density at radius 1 is 0.941 bits per heavy atom. The van der Waals surface area contributed by atoms with Crippen molar-refractivity contribution in [1.29, 1.82) is 0 Å². The molecule has 0 radical (unpaired) electrons. The van der Waals surface area contributed by atoms with E-state index >= 15 is 0 Å². The van der Waals surface area contributed by atoms with Gasteiger partial charge in [-0.15, -0.1) is 0 Å². The Morgan fingerprint density at radius 3 is 2.12 bits per heavy atom. The summed E-state index contributed by atoms with van der Waals surface area (Å²) in [6.07, 6.45) is 1.87. The largest absolute Gasteiger partial charge is 0.0622 e. The van der Waals surface area contributed by atoms with Crippen molar-refractivity contribution in [3.05, 3.63) is 82.2 Å². The van der Waals surface area contributed by atoms with Crippen LogP contribution in [-0.2, 0) is 0 Å². The summed E-state index contributed by atoms with van der Waals surface area (Å²) >= 11 is 0. The molecule has 0 aliphatic heterocycles. The Kier molecular flexibility index (Phi) is 3.58. The molecule has 0 saturated carbocycles. The van der Waals surface area contributed by atoms with Gasteiger partial charge in [-0.05, 0) is 22.7 Å². The van der Waals surface area contributed by atoms with E-state index in [2.05, 4.69) is 10.0 Å². The van der Waals surface area contributed by atoms with E-state index < -0.39 is 0 Å². The Balaban J connectivity index is 2.43. The molecule has 0 atom stereocenters. The van der Waals surface area contributed by atoms with Crippen LogP contribution in [0, 0.1) is 0 Å². The maximum absolute atomic E-state index is 8.59. The van der Waals surface area contributed by atoms with Crippen LogP contribution in [0.1, 0.15) is 11.1 Å². The summed E-state index contributed by atoms with van der Waals surface area (Å²) in [6, 6.07) is 19.4. The van der Waals surface area contributed by atoms with Gasteiger partial charge in [-0.2, -0.15) is 0 Å². The van der Waals surface area contributed by atoms with E-state index in [-0.39, 0.29) is 0 Å². The van der Waals surface area contributed by atoms with Crippen LogP contribution >= 0.6 is 0 Å². The summed E-state index contributed by atoms with van der Waals surface area (Å²) in [7, 11) is 0. The van der Waals surface area contributed by atoms with Crippen LogP contribution in [0.2, 0.25) is 0 Å². The lowest BCUT2D eigenvalue weighted by molar-refractivity contribution is 1.48. The number of nitrogens with zero attached hydrogens (tertiary/aromatic N) is 3. The molecule has 3 heteroatoms. The molecule has 0 N–H and O–H groups in total. The van der Waals surface area contributed by atoms with Crippen LogP contribution in [0.15, 0.2) is 65.8 Å². The van der Waals surface area contributed by atoms with Gasteiger partial charge in [0.15, 0.2) is 0 Å². The highest BCUT2D eigenvalue weighted by atomic mass is 15.1. The Morgan fingerprint density at radius 2 is 1.53 bits per heavy atom. The van der Waals surface area contributed by atoms with Gasteiger partial charge >= 0.3 is 0 Å². The van der Waals surface area contributed by atoms with Gasteiger partial charge in [-0.25, -0.2) is 0 Å². The van der Waals surface area contributed by atoms with Crippen molar-refractivity contribution in [2.45, 2.75) is 0 Å². The Hall–Kier alpha value is -2.51. The number of hydrogen-bond acceptors (Lipinski definition) is 1. The molecule has 0 aliphatic carbocycles. The summed E-state index contributed by atoms with van der Waals surface area (Å²) < 4.78 is 0. The fraction of sp³-hybridized carbons (Fsp3) is 0. The van der Waals surface area contributed by atoms with Crippen LogP contribution in [0.4, 0.5) is 0 Å². The van der Waals surface area contributed by atoms with Gasteiger partial charge in [-0.3, -0.25) is 0 Å². The van der Waals surface area contributed by atoms with Gasteiger partial charge in [0.25, 0.3) is 0 Å². The highest BCUT2D eigenvalue weighted by Crippen LogP contribution is 2.19. The van der Waals surface area contributed by atoms with Crippen molar-refractivity contribution in [1.82, 2.24) is 0 Å². The maximum Gasteiger partial charge on any atom is 0.0453 e. The van der Waals surface area contributed by atoms with Crippen molar-refractivity contribution in [2.75, 3.05) is 0 Å². The molecule has 0 aromatic heterocycles. The van der Waals surface area contributed by atoms with E-state index in [1.807, 2.05) is 66.7 Å². The molecule has 0 fully saturated rings. The highest BCUT2D eigenvalue weighted by molar-refractivity contribution is 5.80. The second kappa shape index (κ2) is 5.54. The standard InChI is InChI=1S/C14H11N3/c15-17-16-14(13-9-5-2-6-10-13)11-12-7-3-1-4-8-12/h1-11H/b14-11+. The lowest BCUT2D eigenvalue weighted by Gasteiger charge is -2.00. The fourth-order valence-electron chi connectivity index (χ4n) is 1.53. The predicted molar refractivity (Wildman–Crippen MR) is 69.9 cm³/mol. The summed E-state index contributed by atoms with van der Waals surface area (Å²) in [5.74, 6) is 0. The van der Waals surface area contributed by atoms with E-state index in [0.29, 0.717) is 5.70 Å². The molecule has 17 heavy (non-hydrogen) atoms. The van der Waals surface area contributed by atoms with Crippen molar-refractivity contribution in [3.8, 4) is 0 Å². The average Bonchev–Trinajstić information content (AvgIpc) is 2.40. The predicted octanol–water partition coefficient (Wildman–Crippen LogP) is 4.50. The van der Waals surface area contributed by atoms with Crippen molar-refractivity contribution < 1.29 is 0 Å². The lowest BCUT2D eigenvalue weighted by Crippen LogP contribution is -1.79. The smallest absolute Gasteiger partial charge is 0.0453 e. The number of azide groups is 1. The molecule has 0 heterocycles. The summed E-state index contributed by atoms with van der Waals surface area (Å²) in [6.45, 7) is 0. The molecular formula is C14H11N3. The van der Waals surface area contributed by atoms with Gasteiger partial charge in [0.2, 0.25) is 0 Å². The third-order valence-corrected chi connectivity index (χ3v) is 2.32. The summed E-state index contributed by atoms with van der Waals surface area (Å²) in [4.78, 5) is 2.87. The van der Waals surface area contributed by atoms with Crippen LogP contribution < -0.4 is 0 Å². The molecule has 2 aromatic carbocycles. The van der Waals surface area contributed by atoms with Crippen LogP contribution in [0.25, 0.3) is 22.2 Å². The minimum atomic E-state index is 0.624. The van der Waals surface area contributed by atoms with E-state index in [0.717, 1.165) is 11.1 Å². The Labute approximate surface area is 99.7 Å². The SMILES string of the molecule is [N-]=[N+]=N/C(=C/c1ccccc1)c1ccccc1. The quantitative estimate of drug-likeness (QED) is 0.317. The van der Waals surface area contributed by atoms with E-state index in [9.17, 15) is 0 Å². The average molecular weight is 221 g/mol. The second-order valence-corrected chi connectivity index (χ2v) is 3.50. The van der Waals surface area contributed by atoms with Crippen molar-refractivity contribution >= 4 is 11.8 Å². The molecule has 0 amide bonds. The molecule has 82 valence electrons. The Bertz CT molecular complexity index is 553. The topological polar surface area (TPSA) is 48.8 Å². The van der Waals surface area contributed by atoms with Crippen LogP contribution in [0.3, 0.4) is 0 Å². The third-order valence-electron chi connectivity index (χ3n) is 2.32. The van der Waals surface area contributed by atoms with Crippen LogP contribution in [-0.4, -0.2) is 0 Å². The lowest BCUT2D eigenvalue weighted by atomic mass is 10.1. The molecule has 2 aromatic rings. The second-order valence-electron chi connectivity index (χ2n) is 3.50. The number of benzene rings is 2. The van der Waals surface area contributed by atoms with Crippen molar-refractivity contribution in [3.63, 3.8) is 0 Å². The first kappa shape index (κ1) is 11.0. The molecule has 0 saturated heterocycles. The highest BCUT2D eigenvalue weighted by Gasteiger charge is 1.98. The third kappa shape index (κ3) is 2.97. The monoisotopic (exact) mass is 221 g/mol.